The lowest BCUT2D eigenvalue weighted by Crippen LogP contribution is -2.24. The van der Waals surface area contributed by atoms with E-state index in [-0.39, 0.29) is 28.8 Å². The van der Waals surface area contributed by atoms with Gasteiger partial charge in [0.1, 0.15) is 16.8 Å². The van der Waals surface area contributed by atoms with Crippen LogP contribution in [0.25, 0.3) is 0 Å². The van der Waals surface area contributed by atoms with E-state index in [9.17, 15) is 14.9 Å². The first-order valence-electron chi connectivity index (χ1n) is 8.20. The molecule has 1 aliphatic rings. The minimum Gasteiger partial charge on any atom is -0.358 e. The van der Waals surface area contributed by atoms with Gasteiger partial charge in [0.15, 0.2) is 0 Å². The van der Waals surface area contributed by atoms with Crippen molar-refractivity contribution in [3.63, 3.8) is 0 Å². The molecule has 1 atom stereocenters. The van der Waals surface area contributed by atoms with E-state index in [2.05, 4.69) is 43.3 Å². The summed E-state index contributed by atoms with van der Waals surface area (Å²) >= 11 is 3.15. The van der Waals surface area contributed by atoms with Gasteiger partial charge in [0.25, 0.3) is 0 Å². The van der Waals surface area contributed by atoms with Gasteiger partial charge in [-0.1, -0.05) is 6.07 Å². The summed E-state index contributed by atoms with van der Waals surface area (Å²) in [6.07, 6.45) is 3.75. The standard InChI is InChI=1S/C16H19BrN6O3/c1-10-14(17)16(23(25)26)20-22(10)9-13(24)19-15-11(5-3-7-18-15)12-6-4-8-21(12)2/h3,5,7,12H,4,6,8-9H2,1-2H3,(H,18,19,24)/t12-/m0/s1. The van der Waals surface area contributed by atoms with Crippen LogP contribution in [-0.2, 0) is 11.3 Å². The highest BCUT2D eigenvalue weighted by atomic mass is 79.9. The first kappa shape index (κ1) is 18.5. The molecular weight excluding hydrogens is 404 g/mol. The number of nitrogens with zero attached hydrogens (tertiary/aromatic N) is 5. The van der Waals surface area contributed by atoms with E-state index in [1.54, 1.807) is 13.1 Å². The van der Waals surface area contributed by atoms with Gasteiger partial charge in [-0.3, -0.25) is 9.69 Å². The molecule has 9 nitrogen and oxygen atoms in total. The van der Waals surface area contributed by atoms with Crippen molar-refractivity contribution < 1.29 is 9.72 Å². The number of pyridine rings is 1. The molecule has 0 bridgehead atoms. The van der Waals surface area contributed by atoms with E-state index >= 15 is 0 Å². The Morgan fingerprint density at radius 2 is 2.31 bits per heavy atom. The van der Waals surface area contributed by atoms with Gasteiger partial charge >= 0.3 is 5.82 Å². The quantitative estimate of drug-likeness (QED) is 0.586. The second-order valence-electron chi connectivity index (χ2n) is 6.27. The third-order valence-electron chi connectivity index (χ3n) is 4.56. The monoisotopic (exact) mass is 422 g/mol. The highest BCUT2D eigenvalue weighted by Crippen LogP contribution is 2.33. The SMILES string of the molecule is Cc1c(Br)c([N+](=O)[O-])nn1CC(=O)Nc1ncccc1[C@@H]1CCCN1C. The molecule has 0 aliphatic carbocycles. The van der Waals surface area contributed by atoms with Gasteiger partial charge in [-0.05, 0) is 60.3 Å². The van der Waals surface area contributed by atoms with Crippen LogP contribution in [0, 0.1) is 17.0 Å². The summed E-state index contributed by atoms with van der Waals surface area (Å²) in [7, 11) is 2.06. The Bertz CT molecular complexity index is 853. The Morgan fingerprint density at radius 3 is 2.92 bits per heavy atom. The Hall–Kier alpha value is -2.33. The van der Waals surface area contributed by atoms with Gasteiger partial charge in [0.05, 0.1) is 10.8 Å². The number of anilines is 1. The van der Waals surface area contributed by atoms with Gasteiger partial charge in [-0.2, -0.15) is 4.68 Å². The second-order valence-corrected chi connectivity index (χ2v) is 7.06. The highest BCUT2D eigenvalue weighted by molar-refractivity contribution is 9.10. The van der Waals surface area contributed by atoms with Crippen LogP contribution >= 0.6 is 15.9 Å². The molecule has 26 heavy (non-hydrogen) atoms. The lowest BCUT2D eigenvalue weighted by Gasteiger charge is -2.21. The van der Waals surface area contributed by atoms with Crippen molar-refractivity contribution in [1.29, 1.82) is 0 Å². The number of carbonyl (C=O) groups excluding carboxylic acids is 1. The molecule has 0 unspecified atom stereocenters. The molecule has 1 N–H and O–H groups in total. The first-order valence-corrected chi connectivity index (χ1v) is 9.00. The average Bonchev–Trinajstić information content (AvgIpc) is 3.14. The van der Waals surface area contributed by atoms with E-state index in [4.69, 9.17) is 0 Å². The molecule has 3 heterocycles. The molecular formula is C16H19BrN6O3. The fourth-order valence-electron chi connectivity index (χ4n) is 3.18. The molecule has 1 aliphatic heterocycles. The van der Waals surface area contributed by atoms with Crippen molar-refractivity contribution in [2.24, 2.45) is 0 Å². The van der Waals surface area contributed by atoms with E-state index in [1.165, 1.54) is 4.68 Å². The molecule has 1 saturated heterocycles. The number of carbonyl (C=O) groups is 1. The number of aromatic nitrogens is 3. The van der Waals surface area contributed by atoms with Crippen LogP contribution in [0.1, 0.15) is 30.1 Å². The fraction of sp³-hybridized carbons (Fsp3) is 0.438. The van der Waals surface area contributed by atoms with Crippen LogP contribution in [0.5, 0.6) is 0 Å². The van der Waals surface area contributed by atoms with Crippen LogP contribution in [0.15, 0.2) is 22.8 Å². The zero-order valence-electron chi connectivity index (χ0n) is 14.5. The number of amides is 1. The number of nitro groups is 1. The van der Waals surface area contributed by atoms with Crippen LogP contribution in [-0.4, -0.2) is 44.1 Å². The van der Waals surface area contributed by atoms with E-state index in [1.807, 2.05) is 12.1 Å². The van der Waals surface area contributed by atoms with Crippen molar-refractivity contribution in [3.05, 3.63) is 44.2 Å². The normalized spacial score (nSPS) is 17.4. The summed E-state index contributed by atoms with van der Waals surface area (Å²) in [4.78, 5) is 29.4. The Morgan fingerprint density at radius 1 is 1.54 bits per heavy atom. The number of nitrogens with one attached hydrogen (secondary N) is 1. The number of rotatable bonds is 5. The molecule has 138 valence electrons. The topological polar surface area (TPSA) is 106 Å². The van der Waals surface area contributed by atoms with Crippen LogP contribution < -0.4 is 5.32 Å². The number of halogens is 1. The minimum absolute atomic E-state index is 0.130. The van der Waals surface area contributed by atoms with Crippen molar-refractivity contribution in [1.82, 2.24) is 19.7 Å². The molecule has 2 aromatic rings. The predicted octanol–water partition coefficient (Wildman–Crippen LogP) is 2.66. The van der Waals surface area contributed by atoms with Crippen LogP contribution in [0.3, 0.4) is 0 Å². The zero-order chi connectivity index (χ0) is 18.8. The third kappa shape index (κ3) is 3.61. The van der Waals surface area contributed by atoms with Gasteiger partial charge in [-0.15, -0.1) is 0 Å². The predicted molar refractivity (Wildman–Crippen MR) is 98.8 cm³/mol. The van der Waals surface area contributed by atoms with Gasteiger partial charge < -0.3 is 15.4 Å². The summed E-state index contributed by atoms with van der Waals surface area (Å²) in [6, 6.07) is 4.05. The van der Waals surface area contributed by atoms with Crippen molar-refractivity contribution >= 4 is 33.5 Å². The molecule has 3 rings (SSSR count). The maximum absolute atomic E-state index is 12.5. The second kappa shape index (κ2) is 7.50. The van der Waals surface area contributed by atoms with Gasteiger partial charge in [0.2, 0.25) is 5.91 Å². The first-order chi connectivity index (χ1) is 12.4. The van der Waals surface area contributed by atoms with Crippen molar-refractivity contribution in [2.75, 3.05) is 18.9 Å². The highest BCUT2D eigenvalue weighted by Gasteiger charge is 2.27. The third-order valence-corrected chi connectivity index (χ3v) is 5.49. The number of hydrogen-bond acceptors (Lipinski definition) is 6. The minimum atomic E-state index is -0.585. The van der Waals surface area contributed by atoms with Crippen LogP contribution in [0.2, 0.25) is 0 Å². The number of likely N-dealkylation sites (tertiary alicyclic amines) is 1. The summed E-state index contributed by atoms with van der Waals surface area (Å²) in [5.41, 5.74) is 1.49. The number of hydrogen-bond donors (Lipinski definition) is 1. The van der Waals surface area contributed by atoms with Crippen molar-refractivity contribution in [2.45, 2.75) is 32.4 Å². The van der Waals surface area contributed by atoms with Gasteiger partial charge in [-0.25, -0.2) is 4.98 Å². The van der Waals surface area contributed by atoms with Gasteiger partial charge in [0, 0.05) is 17.8 Å². The Labute approximate surface area is 158 Å². The maximum atomic E-state index is 12.5. The molecule has 1 amide bonds. The lowest BCUT2D eigenvalue weighted by atomic mass is 10.1. The summed E-state index contributed by atoms with van der Waals surface area (Å²) in [6.45, 7) is 2.54. The summed E-state index contributed by atoms with van der Waals surface area (Å²) in [5, 5.41) is 17.7. The zero-order valence-corrected chi connectivity index (χ0v) is 16.1. The lowest BCUT2D eigenvalue weighted by molar-refractivity contribution is -0.390. The molecule has 0 saturated carbocycles. The van der Waals surface area contributed by atoms with Crippen molar-refractivity contribution in [3.8, 4) is 0 Å². The molecule has 10 heteroatoms. The van der Waals surface area contributed by atoms with E-state index in [0.29, 0.717) is 11.5 Å². The summed E-state index contributed by atoms with van der Waals surface area (Å²) < 4.78 is 1.59. The molecule has 0 spiro atoms. The maximum Gasteiger partial charge on any atom is 0.404 e. The molecule has 0 radical (unpaired) electrons. The smallest absolute Gasteiger partial charge is 0.358 e. The van der Waals surface area contributed by atoms with Crippen LogP contribution in [0.4, 0.5) is 11.6 Å². The van der Waals surface area contributed by atoms with E-state index in [0.717, 1.165) is 24.9 Å². The average molecular weight is 423 g/mol. The summed E-state index contributed by atoms with van der Waals surface area (Å²) in [5.74, 6) is -0.116. The Balaban J connectivity index is 1.77. The molecule has 0 aromatic carbocycles. The fourth-order valence-corrected chi connectivity index (χ4v) is 3.61. The Kier molecular flexibility index (Phi) is 5.33. The molecule has 1 fully saturated rings. The van der Waals surface area contributed by atoms with E-state index < -0.39 is 4.92 Å². The largest absolute Gasteiger partial charge is 0.404 e. The molecule has 2 aromatic heterocycles.